The van der Waals surface area contributed by atoms with Gasteiger partial charge in [0.05, 0.1) is 0 Å². The van der Waals surface area contributed by atoms with E-state index in [0.717, 1.165) is 31.2 Å². The number of nitrogens with zero attached hydrogens (tertiary/aromatic N) is 4. The van der Waals surface area contributed by atoms with E-state index in [1.165, 1.54) is 30.6 Å². The van der Waals surface area contributed by atoms with Crippen LogP contribution in [0.2, 0.25) is 0 Å². The van der Waals surface area contributed by atoms with E-state index < -0.39 is 0 Å². The maximum Gasteiger partial charge on any atom is 0.0417 e. The van der Waals surface area contributed by atoms with Crippen molar-refractivity contribution in [1.29, 1.82) is 0 Å². The molecule has 3 rings (SSSR count). The number of hydrogen-bond acceptors (Lipinski definition) is 4. The standard InChI is InChI=1S/C19H26N4/c1-16-19(6-4-9-21-16)15-23-10-7-18(14-23)13-22(2)12-17-5-3-8-20-11-17/h3-6,8-9,11,18H,7,10,12-15H2,1-2H3/t18-/m1/s1. The van der Waals surface area contributed by atoms with Gasteiger partial charge in [0.1, 0.15) is 0 Å². The van der Waals surface area contributed by atoms with Crippen molar-refractivity contribution in [2.24, 2.45) is 5.92 Å². The van der Waals surface area contributed by atoms with Gasteiger partial charge >= 0.3 is 0 Å². The Hall–Kier alpha value is -1.78. The number of hydrogen-bond donors (Lipinski definition) is 0. The number of aryl methyl sites for hydroxylation is 1. The van der Waals surface area contributed by atoms with Crippen LogP contribution < -0.4 is 0 Å². The monoisotopic (exact) mass is 310 g/mol. The molecule has 23 heavy (non-hydrogen) atoms. The molecule has 0 amide bonds. The molecule has 1 aliphatic rings. The van der Waals surface area contributed by atoms with Gasteiger partial charge in [-0.3, -0.25) is 14.9 Å². The third kappa shape index (κ3) is 4.60. The topological polar surface area (TPSA) is 32.3 Å². The first kappa shape index (κ1) is 16.1. The molecule has 4 heteroatoms. The zero-order valence-corrected chi connectivity index (χ0v) is 14.2. The van der Waals surface area contributed by atoms with E-state index in [1.807, 2.05) is 30.7 Å². The Labute approximate surface area is 139 Å². The molecular weight excluding hydrogens is 284 g/mol. The fraction of sp³-hybridized carbons (Fsp3) is 0.474. The minimum absolute atomic E-state index is 0.758. The molecule has 2 aromatic heterocycles. The molecule has 1 fully saturated rings. The van der Waals surface area contributed by atoms with Gasteiger partial charge in [0.25, 0.3) is 0 Å². The van der Waals surface area contributed by atoms with Crippen LogP contribution in [0.1, 0.15) is 23.2 Å². The second-order valence-electron chi connectivity index (χ2n) is 6.70. The second kappa shape index (κ2) is 7.66. The molecule has 0 radical (unpaired) electrons. The van der Waals surface area contributed by atoms with Crippen molar-refractivity contribution in [2.75, 3.05) is 26.7 Å². The third-order valence-corrected chi connectivity index (χ3v) is 4.63. The summed E-state index contributed by atoms with van der Waals surface area (Å²) in [6.07, 6.45) is 6.96. The summed E-state index contributed by atoms with van der Waals surface area (Å²) in [7, 11) is 2.21. The number of aromatic nitrogens is 2. The molecular formula is C19H26N4. The Morgan fingerprint density at radius 2 is 2.13 bits per heavy atom. The Bertz CT molecular complexity index is 614. The molecule has 4 nitrogen and oxygen atoms in total. The summed E-state index contributed by atoms with van der Waals surface area (Å²) in [6.45, 7) is 7.64. The lowest BCUT2D eigenvalue weighted by Gasteiger charge is -2.21. The molecule has 3 heterocycles. The van der Waals surface area contributed by atoms with Crippen LogP contribution in [0.3, 0.4) is 0 Å². The first-order valence-electron chi connectivity index (χ1n) is 8.41. The fourth-order valence-corrected chi connectivity index (χ4v) is 3.44. The summed E-state index contributed by atoms with van der Waals surface area (Å²) in [5.74, 6) is 0.758. The van der Waals surface area contributed by atoms with Crippen LogP contribution in [-0.2, 0) is 13.1 Å². The van der Waals surface area contributed by atoms with Crippen LogP contribution >= 0.6 is 0 Å². The molecule has 1 atom stereocenters. The van der Waals surface area contributed by atoms with E-state index in [4.69, 9.17) is 0 Å². The van der Waals surface area contributed by atoms with E-state index in [-0.39, 0.29) is 0 Å². The lowest BCUT2D eigenvalue weighted by molar-refractivity contribution is 0.254. The average molecular weight is 310 g/mol. The van der Waals surface area contributed by atoms with Crippen LogP contribution in [0.15, 0.2) is 42.9 Å². The van der Waals surface area contributed by atoms with Crippen LogP contribution in [0.4, 0.5) is 0 Å². The fourth-order valence-electron chi connectivity index (χ4n) is 3.44. The lowest BCUT2D eigenvalue weighted by Crippen LogP contribution is -2.28. The smallest absolute Gasteiger partial charge is 0.0417 e. The Morgan fingerprint density at radius 3 is 2.91 bits per heavy atom. The predicted molar refractivity (Wildman–Crippen MR) is 92.9 cm³/mol. The zero-order valence-electron chi connectivity index (χ0n) is 14.2. The first-order valence-corrected chi connectivity index (χ1v) is 8.41. The Balaban J connectivity index is 1.47. The molecule has 0 bridgehead atoms. The van der Waals surface area contributed by atoms with Gasteiger partial charge in [-0.15, -0.1) is 0 Å². The van der Waals surface area contributed by atoms with Gasteiger partial charge in [-0.1, -0.05) is 12.1 Å². The summed E-state index contributed by atoms with van der Waals surface area (Å²) in [5, 5.41) is 0. The maximum atomic E-state index is 4.39. The van der Waals surface area contributed by atoms with Crippen molar-refractivity contribution in [3.8, 4) is 0 Å². The van der Waals surface area contributed by atoms with E-state index in [1.54, 1.807) is 0 Å². The molecule has 1 saturated heterocycles. The SMILES string of the molecule is Cc1ncccc1CN1CC[C@H](CN(C)Cc2cccnc2)C1. The van der Waals surface area contributed by atoms with E-state index in [0.29, 0.717) is 0 Å². The van der Waals surface area contributed by atoms with Crippen molar-refractivity contribution >= 4 is 0 Å². The van der Waals surface area contributed by atoms with Gasteiger partial charge in [0.15, 0.2) is 0 Å². The summed E-state index contributed by atoms with van der Waals surface area (Å²) < 4.78 is 0. The van der Waals surface area contributed by atoms with Gasteiger partial charge in [-0.25, -0.2) is 0 Å². The largest absolute Gasteiger partial charge is 0.302 e. The summed E-state index contributed by atoms with van der Waals surface area (Å²) in [4.78, 5) is 13.6. The third-order valence-electron chi connectivity index (χ3n) is 4.63. The van der Waals surface area contributed by atoms with E-state index >= 15 is 0 Å². The van der Waals surface area contributed by atoms with Crippen molar-refractivity contribution in [2.45, 2.75) is 26.4 Å². The molecule has 0 unspecified atom stereocenters. The summed E-state index contributed by atoms with van der Waals surface area (Å²) >= 11 is 0. The molecule has 0 aromatic carbocycles. The first-order chi connectivity index (χ1) is 11.2. The van der Waals surface area contributed by atoms with E-state index in [9.17, 15) is 0 Å². The van der Waals surface area contributed by atoms with Gasteiger partial charge in [0, 0.05) is 50.5 Å². The second-order valence-corrected chi connectivity index (χ2v) is 6.70. The average Bonchev–Trinajstić information content (AvgIpc) is 2.97. The van der Waals surface area contributed by atoms with Gasteiger partial charge in [-0.05, 0) is 56.1 Å². The Morgan fingerprint density at radius 1 is 1.26 bits per heavy atom. The van der Waals surface area contributed by atoms with Crippen molar-refractivity contribution in [1.82, 2.24) is 19.8 Å². The highest BCUT2D eigenvalue weighted by molar-refractivity contribution is 5.18. The van der Waals surface area contributed by atoms with Crippen LogP contribution in [0.5, 0.6) is 0 Å². The summed E-state index contributed by atoms with van der Waals surface area (Å²) in [5.41, 5.74) is 3.80. The highest BCUT2D eigenvalue weighted by Crippen LogP contribution is 2.20. The minimum Gasteiger partial charge on any atom is -0.302 e. The minimum atomic E-state index is 0.758. The number of likely N-dealkylation sites (tertiary alicyclic amines) is 1. The normalized spacial score (nSPS) is 18.7. The van der Waals surface area contributed by atoms with Crippen molar-refractivity contribution in [3.05, 3.63) is 59.7 Å². The molecule has 2 aromatic rings. The van der Waals surface area contributed by atoms with Gasteiger partial charge < -0.3 is 4.90 Å². The van der Waals surface area contributed by atoms with Crippen LogP contribution in [0.25, 0.3) is 0 Å². The molecule has 0 N–H and O–H groups in total. The van der Waals surface area contributed by atoms with Crippen LogP contribution in [-0.4, -0.2) is 46.4 Å². The lowest BCUT2D eigenvalue weighted by atomic mass is 10.1. The zero-order chi connectivity index (χ0) is 16.1. The molecule has 122 valence electrons. The maximum absolute atomic E-state index is 4.39. The Kier molecular flexibility index (Phi) is 5.36. The van der Waals surface area contributed by atoms with Crippen molar-refractivity contribution < 1.29 is 0 Å². The highest BCUT2D eigenvalue weighted by atomic mass is 15.2. The summed E-state index contributed by atoms with van der Waals surface area (Å²) in [6, 6.07) is 8.40. The number of rotatable bonds is 6. The highest BCUT2D eigenvalue weighted by Gasteiger charge is 2.23. The molecule has 0 saturated carbocycles. The number of pyridine rings is 2. The molecule has 1 aliphatic heterocycles. The van der Waals surface area contributed by atoms with Crippen LogP contribution in [0, 0.1) is 12.8 Å². The molecule has 0 spiro atoms. The van der Waals surface area contributed by atoms with Gasteiger partial charge in [0.2, 0.25) is 0 Å². The van der Waals surface area contributed by atoms with Crippen molar-refractivity contribution in [3.63, 3.8) is 0 Å². The predicted octanol–water partition coefficient (Wildman–Crippen LogP) is 2.74. The molecule has 0 aliphatic carbocycles. The van der Waals surface area contributed by atoms with E-state index in [2.05, 4.69) is 45.9 Å². The van der Waals surface area contributed by atoms with Gasteiger partial charge in [-0.2, -0.15) is 0 Å². The quantitative estimate of drug-likeness (QED) is 0.821.